The van der Waals surface area contributed by atoms with Crippen LogP contribution in [0.5, 0.6) is 0 Å². The van der Waals surface area contributed by atoms with E-state index in [9.17, 15) is 18.7 Å². The molecule has 1 aromatic carbocycles. The molecule has 5 nitrogen and oxygen atoms in total. The van der Waals surface area contributed by atoms with E-state index in [-0.39, 0.29) is 19.4 Å². The van der Waals surface area contributed by atoms with Gasteiger partial charge in [-0.25, -0.2) is 22.7 Å². The minimum absolute atomic E-state index is 0.0655. The third-order valence-corrected chi connectivity index (χ3v) is 6.49. The van der Waals surface area contributed by atoms with E-state index in [1.54, 1.807) is 30.3 Å². The molecule has 7 heteroatoms. The molecule has 0 saturated heterocycles. The maximum Gasteiger partial charge on any atom is 0.343 e. The zero-order valence-electron chi connectivity index (χ0n) is 17.3. The van der Waals surface area contributed by atoms with Gasteiger partial charge in [0.05, 0.1) is 6.54 Å². The Hall–Kier alpha value is -2.28. The second-order valence-electron chi connectivity index (χ2n) is 8.70. The number of ether oxygens (including phenoxy) is 1. The number of imidazole rings is 1. The van der Waals surface area contributed by atoms with Gasteiger partial charge in [-0.3, -0.25) is 0 Å². The van der Waals surface area contributed by atoms with Crippen LogP contribution in [0.15, 0.2) is 42.7 Å². The first-order chi connectivity index (χ1) is 14.3. The SMILES string of the molecule is Cc1n(CCOC(=O)[C@](O)(c2ccccc2)[C@@H]2CCC(F)(F)C2)cc[n+]1CC1CC1. The molecule has 30 heavy (non-hydrogen) atoms. The van der Waals surface area contributed by atoms with Crippen molar-refractivity contribution in [3.05, 3.63) is 54.1 Å². The van der Waals surface area contributed by atoms with Crippen LogP contribution in [0.25, 0.3) is 0 Å². The quantitative estimate of drug-likeness (QED) is 0.527. The van der Waals surface area contributed by atoms with Crippen LogP contribution in [-0.4, -0.2) is 28.2 Å². The Morgan fingerprint density at radius 3 is 2.67 bits per heavy atom. The summed E-state index contributed by atoms with van der Waals surface area (Å²) in [4.78, 5) is 13.0. The fourth-order valence-corrected chi connectivity index (χ4v) is 4.42. The first-order valence-electron chi connectivity index (χ1n) is 10.7. The van der Waals surface area contributed by atoms with E-state index in [4.69, 9.17) is 4.74 Å². The molecule has 2 aliphatic rings. The summed E-state index contributed by atoms with van der Waals surface area (Å²) < 4.78 is 37.3. The van der Waals surface area contributed by atoms with Gasteiger partial charge in [-0.05, 0) is 30.7 Å². The van der Waals surface area contributed by atoms with Gasteiger partial charge in [0.1, 0.15) is 25.5 Å². The molecular weight excluding hydrogens is 390 g/mol. The standard InChI is InChI=1S/C23H29F2N2O3/c1-17-26(11-12-27(17)16-18-7-8-18)13-14-30-21(28)23(29,19-5-3-2-4-6-19)20-9-10-22(24,25)15-20/h2-6,11-12,18,20,29H,7-10,13-16H2,1H3/q+1/t20-,23+/m1/s1. The highest BCUT2D eigenvalue weighted by Gasteiger charge is 2.54. The number of nitrogens with zero attached hydrogens (tertiary/aromatic N) is 2. The molecule has 1 aromatic heterocycles. The van der Waals surface area contributed by atoms with Crippen LogP contribution < -0.4 is 4.57 Å². The van der Waals surface area contributed by atoms with E-state index in [2.05, 4.69) is 4.57 Å². The Labute approximate surface area is 175 Å². The molecule has 162 valence electrons. The number of esters is 1. The first-order valence-corrected chi connectivity index (χ1v) is 10.7. The topological polar surface area (TPSA) is 55.3 Å². The lowest BCUT2D eigenvalue weighted by molar-refractivity contribution is -0.705. The number of alkyl halides is 2. The zero-order valence-corrected chi connectivity index (χ0v) is 17.3. The third-order valence-electron chi connectivity index (χ3n) is 6.49. The minimum Gasteiger partial charge on any atom is -0.459 e. The summed E-state index contributed by atoms with van der Waals surface area (Å²) in [6, 6.07) is 8.30. The molecular formula is C23H29F2N2O3+. The lowest BCUT2D eigenvalue weighted by atomic mass is 9.80. The maximum absolute atomic E-state index is 13.8. The lowest BCUT2D eigenvalue weighted by Crippen LogP contribution is -2.44. The third kappa shape index (κ3) is 4.26. The molecule has 2 fully saturated rings. The van der Waals surface area contributed by atoms with Crippen LogP contribution in [0.1, 0.15) is 43.5 Å². The molecule has 0 amide bonds. The van der Waals surface area contributed by atoms with Gasteiger partial charge in [0.25, 0.3) is 5.82 Å². The van der Waals surface area contributed by atoms with Crippen LogP contribution in [0.4, 0.5) is 8.78 Å². The van der Waals surface area contributed by atoms with E-state index in [1.807, 2.05) is 23.9 Å². The Morgan fingerprint density at radius 1 is 1.30 bits per heavy atom. The monoisotopic (exact) mass is 419 g/mol. The summed E-state index contributed by atoms with van der Waals surface area (Å²) in [5.74, 6) is -2.77. The van der Waals surface area contributed by atoms with E-state index < -0.39 is 29.8 Å². The Balaban J connectivity index is 1.44. The second kappa shape index (κ2) is 8.10. The number of benzene rings is 1. The van der Waals surface area contributed by atoms with Crippen molar-refractivity contribution in [2.75, 3.05) is 6.61 Å². The van der Waals surface area contributed by atoms with Gasteiger partial charge in [-0.15, -0.1) is 0 Å². The normalized spacial score (nSPS) is 22.6. The van der Waals surface area contributed by atoms with Crippen molar-refractivity contribution in [2.24, 2.45) is 11.8 Å². The van der Waals surface area contributed by atoms with Gasteiger partial charge in [0.15, 0.2) is 5.60 Å². The van der Waals surface area contributed by atoms with Gasteiger partial charge in [-0.2, -0.15) is 0 Å². The molecule has 0 unspecified atom stereocenters. The number of carbonyl (C=O) groups is 1. The lowest BCUT2D eigenvalue weighted by Gasteiger charge is -2.32. The number of rotatable bonds is 8. The Morgan fingerprint density at radius 2 is 2.03 bits per heavy atom. The highest BCUT2D eigenvalue weighted by molar-refractivity contribution is 5.81. The van der Waals surface area contributed by atoms with Crippen LogP contribution >= 0.6 is 0 Å². The minimum atomic E-state index is -2.87. The summed E-state index contributed by atoms with van der Waals surface area (Å²) >= 11 is 0. The number of aromatic nitrogens is 2. The smallest absolute Gasteiger partial charge is 0.343 e. The van der Waals surface area contributed by atoms with Gasteiger partial charge in [0.2, 0.25) is 5.92 Å². The predicted octanol–water partition coefficient (Wildman–Crippen LogP) is 3.36. The molecule has 2 atom stereocenters. The molecule has 0 radical (unpaired) electrons. The van der Waals surface area contributed by atoms with E-state index in [1.165, 1.54) is 12.8 Å². The number of aliphatic hydroxyl groups is 1. The second-order valence-corrected chi connectivity index (χ2v) is 8.70. The van der Waals surface area contributed by atoms with E-state index in [0.717, 1.165) is 18.3 Å². The number of hydrogen-bond donors (Lipinski definition) is 1. The van der Waals surface area contributed by atoms with E-state index in [0.29, 0.717) is 12.1 Å². The number of carbonyl (C=O) groups excluding carboxylic acids is 1. The van der Waals surface area contributed by atoms with Gasteiger partial charge < -0.3 is 9.84 Å². The highest BCUT2D eigenvalue weighted by Crippen LogP contribution is 2.47. The van der Waals surface area contributed by atoms with Crippen molar-refractivity contribution in [1.29, 1.82) is 0 Å². The fourth-order valence-electron chi connectivity index (χ4n) is 4.42. The first kappa shape index (κ1) is 21.0. The van der Waals surface area contributed by atoms with Crippen molar-refractivity contribution >= 4 is 5.97 Å². The van der Waals surface area contributed by atoms with Crippen LogP contribution in [0.3, 0.4) is 0 Å². The molecule has 0 aliphatic heterocycles. The highest BCUT2D eigenvalue weighted by atomic mass is 19.3. The van der Waals surface area contributed by atoms with Gasteiger partial charge >= 0.3 is 5.97 Å². The molecule has 1 N–H and O–H groups in total. The maximum atomic E-state index is 13.8. The molecule has 2 aromatic rings. The number of hydrogen-bond acceptors (Lipinski definition) is 3. The van der Waals surface area contributed by atoms with Crippen molar-refractivity contribution in [3.8, 4) is 0 Å². The van der Waals surface area contributed by atoms with Crippen molar-refractivity contribution in [3.63, 3.8) is 0 Å². The van der Waals surface area contributed by atoms with Crippen molar-refractivity contribution in [1.82, 2.24) is 4.57 Å². The average Bonchev–Trinajstić information content (AvgIpc) is 3.39. The van der Waals surface area contributed by atoms with Crippen LogP contribution in [0, 0.1) is 18.8 Å². The van der Waals surface area contributed by atoms with Gasteiger partial charge in [0, 0.05) is 25.7 Å². The van der Waals surface area contributed by atoms with E-state index >= 15 is 0 Å². The molecule has 2 aliphatic carbocycles. The predicted molar refractivity (Wildman–Crippen MR) is 106 cm³/mol. The van der Waals surface area contributed by atoms with Crippen LogP contribution in [0.2, 0.25) is 0 Å². The average molecular weight is 419 g/mol. The molecule has 0 spiro atoms. The van der Waals surface area contributed by atoms with Gasteiger partial charge in [-0.1, -0.05) is 30.3 Å². The van der Waals surface area contributed by atoms with Crippen molar-refractivity contribution in [2.45, 2.75) is 63.6 Å². The number of halogens is 2. The van der Waals surface area contributed by atoms with Crippen LogP contribution in [-0.2, 0) is 28.2 Å². The summed E-state index contributed by atoms with van der Waals surface area (Å²) in [6.45, 7) is 3.53. The summed E-state index contributed by atoms with van der Waals surface area (Å²) in [7, 11) is 0. The summed E-state index contributed by atoms with van der Waals surface area (Å²) in [6.07, 6.45) is 5.74. The molecule has 1 heterocycles. The summed E-state index contributed by atoms with van der Waals surface area (Å²) in [5, 5.41) is 11.3. The Bertz CT molecular complexity index is 895. The van der Waals surface area contributed by atoms with Crippen molar-refractivity contribution < 1.29 is 28.0 Å². The fraction of sp³-hybridized carbons (Fsp3) is 0.565. The Kier molecular flexibility index (Phi) is 5.66. The molecule has 2 saturated carbocycles. The largest absolute Gasteiger partial charge is 0.459 e. The zero-order chi connectivity index (χ0) is 21.4. The molecule has 4 rings (SSSR count). The molecule has 0 bridgehead atoms. The summed E-state index contributed by atoms with van der Waals surface area (Å²) in [5.41, 5.74) is -1.77.